The van der Waals surface area contributed by atoms with Crippen molar-refractivity contribution >= 4 is 21.3 Å². The molecule has 1 aromatic carbocycles. The number of esters is 1. The second-order valence-electron chi connectivity index (χ2n) is 5.98. The lowest BCUT2D eigenvalue weighted by Gasteiger charge is -2.25. The molecule has 0 bridgehead atoms. The maximum absolute atomic E-state index is 12.0. The van der Waals surface area contributed by atoms with Crippen LogP contribution in [-0.2, 0) is 30.7 Å². The van der Waals surface area contributed by atoms with Crippen molar-refractivity contribution in [2.45, 2.75) is 38.3 Å². The number of carbonyl (C=O) groups is 2. The smallest absolute Gasteiger partial charge is 0.440 e. The Morgan fingerprint density at radius 1 is 1.24 bits per heavy atom. The molecule has 0 aromatic heterocycles. The normalized spacial score (nSPS) is 13.1. The van der Waals surface area contributed by atoms with Gasteiger partial charge in [-0.15, -0.1) is 0 Å². The summed E-state index contributed by atoms with van der Waals surface area (Å²) in [5, 5.41) is 7.52. The van der Waals surface area contributed by atoms with Gasteiger partial charge in [-0.1, -0.05) is 30.3 Å². The summed E-state index contributed by atoms with van der Waals surface area (Å²) in [4.78, 5) is 23.3. The summed E-state index contributed by atoms with van der Waals surface area (Å²) < 4.78 is 35.1. The Labute approximate surface area is 147 Å². The molecule has 1 rings (SSSR count). The average Bonchev–Trinajstić information content (AvgIpc) is 2.57. The van der Waals surface area contributed by atoms with Gasteiger partial charge in [0.1, 0.15) is 11.6 Å². The molecular weight excluding hydrogens is 350 g/mol. The highest BCUT2D eigenvalue weighted by Gasteiger charge is 2.35. The van der Waals surface area contributed by atoms with E-state index < -0.39 is 39.5 Å². The van der Waals surface area contributed by atoms with E-state index in [1.807, 2.05) is 30.3 Å². The Bertz CT molecular complexity index is 686. The van der Waals surface area contributed by atoms with Gasteiger partial charge in [0.15, 0.2) is 0 Å². The van der Waals surface area contributed by atoms with Gasteiger partial charge in [0.2, 0.25) is 0 Å². The van der Waals surface area contributed by atoms with E-state index in [4.69, 9.17) is 9.84 Å². The first kappa shape index (κ1) is 21.1. The molecule has 0 fully saturated rings. The standard InChI is InChI=1S/C16H23NO7S/c1-16(2,10-9-12-7-5-4-6-8-12)24-15(20)25(21,22)17-13(11-18)14(19)23-3/h4-8,13,17-18H,9-11H2,1-3H3/t13-/m0/s1. The van der Waals surface area contributed by atoms with Crippen LogP contribution in [0.5, 0.6) is 0 Å². The van der Waals surface area contributed by atoms with Gasteiger partial charge in [-0.3, -0.25) is 4.79 Å². The van der Waals surface area contributed by atoms with Gasteiger partial charge in [0.25, 0.3) is 0 Å². The van der Waals surface area contributed by atoms with Crippen LogP contribution in [-0.4, -0.2) is 50.2 Å². The minimum absolute atomic E-state index is 0.401. The van der Waals surface area contributed by atoms with E-state index in [2.05, 4.69) is 4.74 Å². The van der Waals surface area contributed by atoms with Crippen LogP contribution in [0.3, 0.4) is 0 Å². The van der Waals surface area contributed by atoms with Crippen molar-refractivity contribution in [3.05, 3.63) is 35.9 Å². The molecule has 0 aliphatic carbocycles. The molecule has 0 spiro atoms. The number of methoxy groups -OCH3 is 1. The number of aliphatic hydroxyl groups excluding tert-OH is 1. The van der Waals surface area contributed by atoms with Crippen molar-refractivity contribution in [1.29, 1.82) is 0 Å². The molecule has 9 heteroatoms. The van der Waals surface area contributed by atoms with Gasteiger partial charge < -0.3 is 14.6 Å². The molecule has 1 aromatic rings. The fourth-order valence-electron chi connectivity index (χ4n) is 1.96. The Balaban J connectivity index is 2.69. The molecule has 2 N–H and O–H groups in total. The third-order valence-corrected chi connectivity index (χ3v) is 4.52. The first-order chi connectivity index (χ1) is 11.6. The average molecular weight is 373 g/mol. The number of ether oxygens (including phenoxy) is 2. The lowest BCUT2D eigenvalue weighted by molar-refractivity contribution is -0.143. The van der Waals surface area contributed by atoms with Crippen LogP contribution >= 0.6 is 0 Å². The largest absolute Gasteiger partial charge is 0.468 e. The number of aliphatic hydroxyl groups is 1. The molecule has 0 heterocycles. The van der Waals surface area contributed by atoms with E-state index in [9.17, 15) is 18.0 Å². The predicted octanol–water partition coefficient (Wildman–Crippen LogP) is 0.988. The van der Waals surface area contributed by atoms with Crippen LogP contribution in [0.2, 0.25) is 0 Å². The van der Waals surface area contributed by atoms with Crippen molar-refractivity contribution in [3.8, 4) is 0 Å². The molecule has 8 nitrogen and oxygen atoms in total. The molecule has 0 aliphatic heterocycles. The first-order valence-corrected chi connectivity index (χ1v) is 9.07. The Morgan fingerprint density at radius 2 is 1.84 bits per heavy atom. The highest BCUT2D eigenvalue weighted by molar-refractivity contribution is 8.04. The van der Waals surface area contributed by atoms with Gasteiger partial charge in [0.05, 0.1) is 13.7 Å². The lowest BCUT2D eigenvalue weighted by Crippen LogP contribution is -2.47. The number of aryl methyl sites for hydroxylation is 1. The number of hydrogen-bond donors (Lipinski definition) is 2. The van der Waals surface area contributed by atoms with Crippen LogP contribution < -0.4 is 4.72 Å². The highest BCUT2D eigenvalue weighted by Crippen LogP contribution is 2.19. The van der Waals surface area contributed by atoms with E-state index in [-0.39, 0.29) is 0 Å². The fraction of sp³-hybridized carbons (Fsp3) is 0.500. The number of sulfonamides is 1. The van der Waals surface area contributed by atoms with Crippen LogP contribution in [0.1, 0.15) is 25.8 Å². The van der Waals surface area contributed by atoms with Crippen LogP contribution in [0.15, 0.2) is 30.3 Å². The quantitative estimate of drug-likeness (QED) is 0.652. The molecule has 0 saturated carbocycles. The molecule has 0 unspecified atom stereocenters. The summed E-state index contributed by atoms with van der Waals surface area (Å²) in [6.07, 6.45) is 0.995. The number of hydrogen-bond acceptors (Lipinski definition) is 7. The fourth-order valence-corrected chi connectivity index (χ4v) is 2.94. The summed E-state index contributed by atoms with van der Waals surface area (Å²) in [6, 6.07) is 7.90. The van der Waals surface area contributed by atoms with Crippen LogP contribution in [0, 0.1) is 0 Å². The van der Waals surface area contributed by atoms with E-state index in [0.29, 0.717) is 12.8 Å². The minimum Gasteiger partial charge on any atom is -0.468 e. The summed E-state index contributed by atoms with van der Waals surface area (Å²) in [5.74, 6) is -1.01. The van der Waals surface area contributed by atoms with Crippen molar-refractivity contribution in [1.82, 2.24) is 4.72 Å². The molecule has 0 amide bonds. The van der Waals surface area contributed by atoms with Crippen molar-refractivity contribution in [2.75, 3.05) is 13.7 Å². The zero-order chi connectivity index (χ0) is 19.1. The zero-order valence-electron chi connectivity index (χ0n) is 14.4. The molecule has 0 radical (unpaired) electrons. The maximum Gasteiger partial charge on any atom is 0.440 e. The lowest BCUT2D eigenvalue weighted by atomic mass is 9.99. The topological polar surface area (TPSA) is 119 Å². The number of rotatable bonds is 8. The molecule has 0 aliphatic rings. The predicted molar refractivity (Wildman–Crippen MR) is 90.3 cm³/mol. The Morgan fingerprint density at radius 3 is 2.36 bits per heavy atom. The zero-order valence-corrected chi connectivity index (χ0v) is 15.2. The van der Waals surface area contributed by atoms with E-state index in [1.165, 1.54) is 0 Å². The number of carbonyl (C=O) groups excluding carboxylic acids is 2. The monoisotopic (exact) mass is 373 g/mol. The second-order valence-corrected chi connectivity index (χ2v) is 7.55. The van der Waals surface area contributed by atoms with Crippen molar-refractivity contribution in [2.24, 2.45) is 0 Å². The first-order valence-electron chi connectivity index (χ1n) is 7.59. The van der Waals surface area contributed by atoms with Gasteiger partial charge in [-0.2, -0.15) is 4.72 Å². The van der Waals surface area contributed by atoms with Crippen molar-refractivity contribution in [3.63, 3.8) is 0 Å². The molecule has 0 saturated heterocycles. The molecular formula is C16H23NO7S. The SMILES string of the molecule is COC(=O)[C@H](CO)NS(=O)(=O)C(=O)OC(C)(C)CCc1ccccc1. The number of nitrogens with one attached hydrogen (secondary N) is 1. The van der Waals surface area contributed by atoms with Crippen LogP contribution in [0.4, 0.5) is 4.79 Å². The summed E-state index contributed by atoms with van der Waals surface area (Å²) in [5.41, 5.74) is -0.0135. The van der Waals surface area contributed by atoms with Crippen LogP contribution in [0.25, 0.3) is 0 Å². The third-order valence-electron chi connectivity index (χ3n) is 3.40. The highest BCUT2D eigenvalue weighted by atomic mass is 32.2. The molecule has 1 atom stereocenters. The Kier molecular flexibility index (Phi) is 7.53. The van der Waals surface area contributed by atoms with E-state index in [1.54, 1.807) is 18.6 Å². The molecule has 25 heavy (non-hydrogen) atoms. The Hall–Kier alpha value is -1.97. The van der Waals surface area contributed by atoms with E-state index >= 15 is 0 Å². The van der Waals surface area contributed by atoms with Gasteiger partial charge in [-0.25, -0.2) is 13.2 Å². The van der Waals surface area contributed by atoms with Crippen molar-refractivity contribution < 1.29 is 32.6 Å². The number of benzene rings is 1. The van der Waals surface area contributed by atoms with Gasteiger partial charge in [-0.05, 0) is 32.3 Å². The molecule has 140 valence electrons. The maximum atomic E-state index is 12.0. The second kappa shape index (κ2) is 8.93. The van der Waals surface area contributed by atoms with Gasteiger partial charge in [0, 0.05) is 0 Å². The minimum atomic E-state index is -4.61. The summed E-state index contributed by atoms with van der Waals surface area (Å²) >= 11 is 0. The third kappa shape index (κ3) is 6.81. The van der Waals surface area contributed by atoms with E-state index in [0.717, 1.165) is 12.7 Å². The summed E-state index contributed by atoms with van der Waals surface area (Å²) in [7, 11) is -3.58. The van der Waals surface area contributed by atoms with Gasteiger partial charge >= 0.3 is 21.3 Å². The summed E-state index contributed by atoms with van der Waals surface area (Å²) in [6.45, 7) is 2.33.